The van der Waals surface area contributed by atoms with Crippen molar-refractivity contribution in [3.8, 4) is 5.75 Å². The number of nitrogens with one attached hydrogen (secondary N) is 2. The normalized spacial score (nSPS) is 10.8. The van der Waals surface area contributed by atoms with E-state index in [-0.39, 0.29) is 5.41 Å². The number of benzene rings is 2. The van der Waals surface area contributed by atoms with Crippen molar-refractivity contribution in [3.05, 3.63) is 65.2 Å². The molecule has 0 heterocycles. The zero-order valence-electron chi connectivity index (χ0n) is 18.5. The molecule has 0 bridgehead atoms. The van der Waals surface area contributed by atoms with Crippen LogP contribution in [0.4, 0.5) is 4.79 Å². The fourth-order valence-corrected chi connectivity index (χ4v) is 2.61. The Morgan fingerprint density at radius 3 is 2.16 bits per heavy atom. The molecule has 0 unspecified atom stereocenters. The summed E-state index contributed by atoms with van der Waals surface area (Å²) in [5.74, 6) is -0.565. The van der Waals surface area contributed by atoms with E-state index < -0.39 is 24.5 Å². The van der Waals surface area contributed by atoms with E-state index in [1.54, 1.807) is 24.3 Å². The molecule has 31 heavy (non-hydrogen) atoms. The zero-order chi connectivity index (χ0) is 22.9. The standard InChI is InChI=1S/C24H30N2O5/c1-5-14-25-23(29)26-21(27)16-31-22(28)18-8-6-17(7-9-18)15-30-20-12-10-19(11-13-20)24(2,3)4/h6-13H,5,14-16H2,1-4H3,(H2,25,26,27,29). The van der Waals surface area contributed by atoms with E-state index in [2.05, 4.69) is 43.5 Å². The molecule has 0 saturated heterocycles. The summed E-state index contributed by atoms with van der Waals surface area (Å²) in [5.41, 5.74) is 2.52. The van der Waals surface area contributed by atoms with Gasteiger partial charge in [0.2, 0.25) is 0 Å². The summed E-state index contributed by atoms with van der Waals surface area (Å²) in [4.78, 5) is 35.1. The Bertz CT molecular complexity index is 884. The lowest BCUT2D eigenvalue weighted by molar-refractivity contribution is -0.123. The maximum Gasteiger partial charge on any atom is 0.338 e. The second-order valence-corrected chi connectivity index (χ2v) is 8.14. The monoisotopic (exact) mass is 426 g/mol. The Labute approximate surface area is 183 Å². The summed E-state index contributed by atoms with van der Waals surface area (Å²) in [6.45, 7) is 8.65. The zero-order valence-corrected chi connectivity index (χ0v) is 18.5. The predicted octanol–water partition coefficient (Wildman–Crippen LogP) is 3.96. The van der Waals surface area contributed by atoms with E-state index in [0.717, 1.165) is 17.7 Å². The van der Waals surface area contributed by atoms with Crippen LogP contribution in [0.15, 0.2) is 48.5 Å². The molecule has 0 atom stereocenters. The van der Waals surface area contributed by atoms with Crippen LogP contribution in [0.1, 0.15) is 55.6 Å². The molecule has 166 valence electrons. The number of carbonyl (C=O) groups excluding carboxylic acids is 3. The Hall–Kier alpha value is -3.35. The third-order valence-electron chi connectivity index (χ3n) is 4.44. The molecule has 2 rings (SSSR count). The second-order valence-electron chi connectivity index (χ2n) is 8.14. The Balaban J connectivity index is 1.79. The maximum absolute atomic E-state index is 12.1. The van der Waals surface area contributed by atoms with Gasteiger partial charge in [0.1, 0.15) is 12.4 Å². The van der Waals surface area contributed by atoms with Crippen molar-refractivity contribution < 1.29 is 23.9 Å². The molecular weight excluding hydrogens is 396 g/mol. The van der Waals surface area contributed by atoms with Gasteiger partial charge in [0, 0.05) is 6.54 Å². The first kappa shape index (κ1) is 23.9. The Morgan fingerprint density at radius 2 is 1.58 bits per heavy atom. The number of ether oxygens (including phenoxy) is 2. The average Bonchev–Trinajstić information content (AvgIpc) is 2.74. The molecule has 3 amide bonds. The van der Waals surface area contributed by atoms with Crippen molar-refractivity contribution in [2.75, 3.05) is 13.2 Å². The SMILES string of the molecule is CCCNC(=O)NC(=O)COC(=O)c1ccc(COc2ccc(C(C)(C)C)cc2)cc1. The molecule has 2 N–H and O–H groups in total. The Morgan fingerprint density at radius 1 is 0.935 bits per heavy atom. The van der Waals surface area contributed by atoms with Crippen LogP contribution >= 0.6 is 0 Å². The van der Waals surface area contributed by atoms with E-state index >= 15 is 0 Å². The smallest absolute Gasteiger partial charge is 0.338 e. The van der Waals surface area contributed by atoms with Gasteiger partial charge in [-0.1, -0.05) is 52.0 Å². The average molecular weight is 427 g/mol. The largest absolute Gasteiger partial charge is 0.489 e. The highest BCUT2D eigenvalue weighted by molar-refractivity contribution is 5.97. The van der Waals surface area contributed by atoms with Gasteiger partial charge in [0.25, 0.3) is 5.91 Å². The van der Waals surface area contributed by atoms with Crippen molar-refractivity contribution >= 4 is 17.9 Å². The highest BCUT2D eigenvalue weighted by Crippen LogP contribution is 2.24. The highest BCUT2D eigenvalue weighted by atomic mass is 16.5. The number of amides is 3. The summed E-state index contributed by atoms with van der Waals surface area (Å²) in [6, 6.07) is 14.1. The minimum absolute atomic E-state index is 0.0884. The van der Waals surface area contributed by atoms with Crippen LogP contribution in [-0.2, 0) is 21.6 Å². The number of imide groups is 1. The quantitative estimate of drug-likeness (QED) is 0.623. The maximum atomic E-state index is 12.1. The van der Waals surface area contributed by atoms with Gasteiger partial charge in [-0.25, -0.2) is 9.59 Å². The summed E-state index contributed by atoms with van der Waals surface area (Å²) in [6.07, 6.45) is 0.751. The fraction of sp³-hybridized carbons (Fsp3) is 0.375. The number of urea groups is 1. The van der Waals surface area contributed by atoms with Crippen LogP contribution in [0.5, 0.6) is 5.75 Å². The lowest BCUT2D eigenvalue weighted by Gasteiger charge is -2.19. The molecule has 0 spiro atoms. The first-order chi connectivity index (χ1) is 14.7. The minimum atomic E-state index is -0.690. The molecule has 7 heteroatoms. The van der Waals surface area contributed by atoms with Crippen molar-refractivity contribution in [3.63, 3.8) is 0 Å². The molecule has 0 fully saturated rings. The molecule has 7 nitrogen and oxygen atoms in total. The van der Waals surface area contributed by atoms with Crippen LogP contribution in [0.25, 0.3) is 0 Å². The van der Waals surface area contributed by atoms with Gasteiger partial charge in [-0.2, -0.15) is 0 Å². The number of hydrogen-bond acceptors (Lipinski definition) is 5. The molecule has 0 radical (unpaired) electrons. The summed E-state index contributed by atoms with van der Waals surface area (Å²) in [5, 5.41) is 4.59. The first-order valence-electron chi connectivity index (χ1n) is 10.3. The third kappa shape index (κ3) is 8.12. The van der Waals surface area contributed by atoms with Crippen LogP contribution in [0.2, 0.25) is 0 Å². The lowest BCUT2D eigenvalue weighted by Crippen LogP contribution is -2.41. The molecule has 0 aliphatic carbocycles. The number of carbonyl (C=O) groups is 3. The van der Waals surface area contributed by atoms with Gasteiger partial charge in [0.05, 0.1) is 5.56 Å². The highest BCUT2D eigenvalue weighted by Gasteiger charge is 2.14. The topological polar surface area (TPSA) is 93.7 Å². The van der Waals surface area contributed by atoms with E-state index in [9.17, 15) is 14.4 Å². The van der Waals surface area contributed by atoms with Crippen LogP contribution in [-0.4, -0.2) is 31.1 Å². The van der Waals surface area contributed by atoms with E-state index in [4.69, 9.17) is 9.47 Å². The van der Waals surface area contributed by atoms with Gasteiger partial charge >= 0.3 is 12.0 Å². The minimum Gasteiger partial charge on any atom is -0.489 e. The summed E-state index contributed by atoms with van der Waals surface area (Å²) < 4.78 is 10.7. The third-order valence-corrected chi connectivity index (χ3v) is 4.44. The van der Waals surface area contributed by atoms with Crippen molar-refractivity contribution in [2.45, 2.75) is 46.1 Å². The van der Waals surface area contributed by atoms with Gasteiger partial charge < -0.3 is 14.8 Å². The summed E-state index contributed by atoms with van der Waals surface area (Å²) in [7, 11) is 0. The van der Waals surface area contributed by atoms with Gasteiger partial charge in [-0.05, 0) is 47.2 Å². The van der Waals surface area contributed by atoms with E-state index in [1.807, 2.05) is 19.1 Å². The molecule has 2 aromatic rings. The van der Waals surface area contributed by atoms with E-state index in [0.29, 0.717) is 18.7 Å². The summed E-state index contributed by atoms with van der Waals surface area (Å²) >= 11 is 0. The fourth-order valence-electron chi connectivity index (χ4n) is 2.61. The molecular formula is C24H30N2O5. The van der Waals surface area contributed by atoms with Crippen LogP contribution in [0.3, 0.4) is 0 Å². The molecule has 0 aliphatic heterocycles. The first-order valence-corrected chi connectivity index (χ1v) is 10.3. The number of esters is 1. The molecule has 0 aliphatic rings. The molecule has 2 aromatic carbocycles. The molecule has 0 aromatic heterocycles. The number of hydrogen-bond donors (Lipinski definition) is 2. The van der Waals surface area contributed by atoms with Crippen LogP contribution in [0, 0.1) is 0 Å². The van der Waals surface area contributed by atoms with Gasteiger partial charge in [0.15, 0.2) is 6.61 Å². The van der Waals surface area contributed by atoms with Gasteiger partial charge in [-0.3, -0.25) is 10.1 Å². The second kappa shape index (κ2) is 11.2. The lowest BCUT2D eigenvalue weighted by atomic mass is 9.87. The van der Waals surface area contributed by atoms with Crippen molar-refractivity contribution in [2.24, 2.45) is 0 Å². The van der Waals surface area contributed by atoms with Gasteiger partial charge in [-0.15, -0.1) is 0 Å². The molecule has 0 saturated carbocycles. The predicted molar refractivity (Wildman–Crippen MR) is 118 cm³/mol. The van der Waals surface area contributed by atoms with Crippen LogP contribution < -0.4 is 15.4 Å². The Kier molecular flexibility index (Phi) is 8.61. The van der Waals surface area contributed by atoms with E-state index in [1.165, 1.54) is 5.56 Å². The van der Waals surface area contributed by atoms with Crippen molar-refractivity contribution in [1.82, 2.24) is 10.6 Å². The number of rotatable bonds is 8. The van der Waals surface area contributed by atoms with Crippen molar-refractivity contribution in [1.29, 1.82) is 0 Å².